The fraction of sp³-hybridized carbons (Fsp3) is 0.250. The number of hydrogen-bond donors (Lipinski definition) is 2. The number of anilines is 1. The van der Waals surface area contributed by atoms with Crippen LogP contribution in [0.1, 0.15) is 16.7 Å². The highest BCUT2D eigenvalue weighted by molar-refractivity contribution is 6.39. The molecule has 2 N–H and O–H groups in total. The molecule has 0 heterocycles. The van der Waals surface area contributed by atoms with Crippen LogP contribution in [0, 0.1) is 13.8 Å². The lowest BCUT2D eigenvalue weighted by Crippen LogP contribution is -2.32. The quantitative estimate of drug-likeness (QED) is 0.452. The molecule has 2 aromatic rings. The highest BCUT2D eigenvalue weighted by Gasteiger charge is 2.16. The van der Waals surface area contributed by atoms with Crippen molar-refractivity contribution in [3.8, 4) is 17.2 Å². The van der Waals surface area contributed by atoms with Gasteiger partial charge in [0.25, 0.3) is 0 Å². The SMILES string of the molecule is COc1ccc(/C=N\NC(=O)C(=O)Nc2cc(C)ccc2C)c(OC)c1OC. The number of benzene rings is 2. The lowest BCUT2D eigenvalue weighted by molar-refractivity contribution is -0.136. The third-order valence-electron chi connectivity index (χ3n) is 3.95. The Balaban J connectivity index is 2.09. The minimum Gasteiger partial charge on any atom is -0.493 e. The van der Waals surface area contributed by atoms with Crippen molar-refractivity contribution in [1.29, 1.82) is 0 Å². The van der Waals surface area contributed by atoms with Gasteiger partial charge in [0.05, 0.1) is 27.5 Å². The summed E-state index contributed by atoms with van der Waals surface area (Å²) in [6.07, 6.45) is 1.35. The molecular formula is C20H23N3O5. The molecule has 0 aromatic heterocycles. The average molecular weight is 385 g/mol. The number of nitrogens with one attached hydrogen (secondary N) is 2. The molecule has 28 heavy (non-hydrogen) atoms. The molecule has 0 aliphatic heterocycles. The smallest absolute Gasteiger partial charge is 0.329 e. The zero-order valence-corrected chi connectivity index (χ0v) is 16.5. The maximum atomic E-state index is 12.1. The number of hydrogen-bond acceptors (Lipinski definition) is 6. The monoisotopic (exact) mass is 385 g/mol. The highest BCUT2D eigenvalue weighted by Crippen LogP contribution is 2.38. The zero-order chi connectivity index (χ0) is 20.7. The van der Waals surface area contributed by atoms with Crippen LogP contribution in [0.4, 0.5) is 5.69 Å². The molecule has 0 fully saturated rings. The molecule has 0 atom stereocenters. The Bertz CT molecular complexity index is 909. The summed E-state index contributed by atoms with van der Waals surface area (Å²) in [6, 6.07) is 8.94. The summed E-state index contributed by atoms with van der Waals surface area (Å²) in [4.78, 5) is 24.1. The largest absolute Gasteiger partial charge is 0.493 e. The molecule has 0 aliphatic carbocycles. The van der Waals surface area contributed by atoms with Crippen LogP contribution in [-0.2, 0) is 9.59 Å². The van der Waals surface area contributed by atoms with E-state index >= 15 is 0 Å². The van der Waals surface area contributed by atoms with Gasteiger partial charge in [-0.3, -0.25) is 9.59 Å². The molecule has 2 amide bonds. The van der Waals surface area contributed by atoms with Gasteiger partial charge in [-0.05, 0) is 43.2 Å². The first-order valence-corrected chi connectivity index (χ1v) is 8.41. The number of ether oxygens (including phenoxy) is 3. The summed E-state index contributed by atoms with van der Waals surface area (Å²) in [5.41, 5.74) is 5.13. The first-order chi connectivity index (χ1) is 13.4. The first kappa shape index (κ1) is 20.8. The molecule has 0 bridgehead atoms. The molecule has 2 aromatic carbocycles. The summed E-state index contributed by atoms with van der Waals surface area (Å²) in [5.74, 6) is -0.428. The normalized spacial score (nSPS) is 10.5. The lowest BCUT2D eigenvalue weighted by Gasteiger charge is -2.13. The van der Waals surface area contributed by atoms with Gasteiger partial charge >= 0.3 is 11.8 Å². The maximum Gasteiger partial charge on any atom is 0.329 e. The first-order valence-electron chi connectivity index (χ1n) is 8.41. The van der Waals surface area contributed by atoms with Crippen molar-refractivity contribution in [3.63, 3.8) is 0 Å². The molecule has 0 spiro atoms. The van der Waals surface area contributed by atoms with Gasteiger partial charge in [-0.2, -0.15) is 5.10 Å². The van der Waals surface area contributed by atoms with E-state index in [0.29, 0.717) is 28.5 Å². The number of hydrazone groups is 1. The fourth-order valence-electron chi connectivity index (χ4n) is 2.49. The van der Waals surface area contributed by atoms with E-state index in [-0.39, 0.29) is 0 Å². The van der Waals surface area contributed by atoms with Gasteiger partial charge in [0, 0.05) is 11.3 Å². The summed E-state index contributed by atoms with van der Waals surface area (Å²) < 4.78 is 15.8. The number of amides is 2. The van der Waals surface area contributed by atoms with Gasteiger partial charge in [0.15, 0.2) is 11.5 Å². The average Bonchev–Trinajstić information content (AvgIpc) is 2.69. The Hall–Kier alpha value is -3.55. The number of carbonyl (C=O) groups is 2. The second-order valence-electron chi connectivity index (χ2n) is 5.90. The molecule has 2 rings (SSSR count). The van der Waals surface area contributed by atoms with E-state index in [9.17, 15) is 9.59 Å². The van der Waals surface area contributed by atoms with E-state index in [1.54, 1.807) is 18.2 Å². The highest BCUT2D eigenvalue weighted by atomic mass is 16.5. The van der Waals surface area contributed by atoms with Gasteiger partial charge in [-0.15, -0.1) is 0 Å². The van der Waals surface area contributed by atoms with E-state index in [1.165, 1.54) is 27.5 Å². The van der Waals surface area contributed by atoms with Crippen LogP contribution in [0.2, 0.25) is 0 Å². The Morgan fingerprint density at radius 3 is 2.29 bits per heavy atom. The van der Waals surface area contributed by atoms with E-state index in [4.69, 9.17) is 14.2 Å². The van der Waals surface area contributed by atoms with Gasteiger partial charge in [0.1, 0.15) is 0 Å². The van der Waals surface area contributed by atoms with Crippen molar-refractivity contribution in [3.05, 3.63) is 47.0 Å². The van der Waals surface area contributed by atoms with Crippen LogP contribution in [0.25, 0.3) is 0 Å². The number of methoxy groups -OCH3 is 3. The van der Waals surface area contributed by atoms with Crippen molar-refractivity contribution in [2.75, 3.05) is 26.6 Å². The third-order valence-corrected chi connectivity index (χ3v) is 3.95. The van der Waals surface area contributed by atoms with Crippen LogP contribution < -0.4 is 25.0 Å². The predicted molar refractivity (Wildman–Crippen MR) is 106 cm³/mol. The van der Waals surface area contributed by atoms with E-state index < -0.39 is 11.8 Å². The van der Waals surface area contributed by atoms with Crippen LogP contribution in [-0.4, -0.2) is 39.4 Å². The molecule has 0 radical (unpaired) electrons. The Labute approximate surface area is 163 Å². The molecule has 8 nitrogen and oxygen atoms in total. The molecule has 0 saturated carbocycles. The summed E-state index contributed by atoms with van der Waals surface area (Å²) in [5, 5.41) is 6.39. The van der Waals surface area contributed by atoms with Gasteiger partial charge < -0.3 is 19.5 Å². The van der Waals surface area contributed by atoms with E-state index in [0.717, 1.165) is 11.1 Å². The minimum absolute atomic E-state index is 0.389. The van der Waals surface area contributed by atoms with Crippen molar-refractivity contribution in [1.82, 2.24) is 5.43 Å². The summed E-state index contributed by atoms with van der Waals surface area (Å²) >= 11 is 0. The Morgan fingerprint density at radius 1 is 0.929 bits per heavy atom. The minimum atomic E-state index is -0.892. The van der Waals surface area contributed by atoms with Gasteiger partial charge in [0.2, 0.25) is 5.75 Å². The molecule has 0 aliphatic rings. The fourth-order valence-corrected chi connectivity index (χ4v) is 2.49. The lowest BCUT2D eigenvalue weighted by atomic mass is 10.1. The predicted octanol–water partition coefficient (Wildman–Crippen LogP) is 2.42. The molecule has 0 unspecified atom stereocenters. The van der Waals surface area contributed by atoms with Crippen molar-refractivity contribution < 1.29 is 23.8 Å². The third kappa shape index (κ3) is 4.79. The number of rotatable bonds is 6. The van der Waals surface area contributed by atoms with Crippen LogP contribution >= 0.6 is 0 Å². The number of nitrogens with zero attached hydrogens (tertiary/aromatic N) is 1. The molecule has 8 heteroatoms. The van der Waals surface area contributed by atoms with E-state index in [1.807, 2.05) is 26.0 Å². The van der Waals surface area contributed by atoms with Crippen molar-refractivity contribution in [2.45, 2.75) is 13.8 Å². The second-order valence-corrected chi connectivity index (χ2v) is 5.90. The van der Waals surface area contributed by atoms with E-state index in [2.05, 4.69) is 15.8 Å². The maximum absolute atomic E-state index is 12.1. The standard InChI is InChI=1S/C20H23N3O5/c1-12-6-7-13(2)15(10-12)22-19(24)20(25)23-21-11-14-8-9-16(26-3)18(28-5)17(14)27-4/h6-11H,1-5H3,(H,22,24)(H,23,25)/b21-11-. The molecule has 0 saturated heterocycles. The van der Waals surface area contributed by atoms with Crippen LogP contribution in [0.15, 0.2) is 35.4 Å². The summed E-state index contributed by atoms with van der Waals surface area (Å²) in [7, 11) is 4.48. The second kappa shape index (κ2) is 9.40. The van der Waals surface area contributed by atoms with Crippen molar-refractivity contribution in [2.24, 2.45) is 5.10 Å². The number of aryl methyl sites for hydroxylation is 2. The van der Waals surface area contributed by atoms with Crippen molar-refractivity contribution >= 4 is 23.7 Å². The number of carbonyl (C=O) groups excluding carboxylic acids is 2. The Kier molecular flexibility index (Phi) is 6.97. The summed E-state index contributed by atoms with van der Waals surface area (Å²) in [6.45, 7) is 3.74. The molecule has 148 valence electrons. The Morgan fingerprint density at radius 2 is 1.64 bits per heavy atom. The van der Waals surface area contributed by atoms with Gasteiger partial charge in [-0.25, -0.2) is 5.43 Å². The molecular weight excluding hydrogens is 362 g/mol. The van der Waals surface area contributed by atoms with Gasteiger partial charge in [-0.1, -0.05) is 12.1 Å². The van der Waals surface area contributed by atoms with Crippen LogP contribution in [0.5, 0.6) is 17.2 Å². The zero-order valence-electron chi connectivity index (χ0n) is 16.5. The van der Waals surface area contributed by atoms with Crippen LogP contribution in [0.3, 0.4) is 0 Å². The topological polar surface area (TPSA) is 98.2 Å².